The van der Waals surface area contributed by atoms with Crippen LogP contribution in [0, 0.1) is 0 Å². The van der Waals surface area contributed by atoms with E-state index in [4.69, 9.17) is 4.74 Å². The molecule has 3 aromatic carbocycles. The zero-order valence-electron chi connectivity index (χ0n) is 15.5. The number of ether oxygens (including phenoxy) is 1. The Labute approximate surface area is 163 Å². The monoisotopic (exact) mass is 372 g/mol. The number of hydrogen-bond acceptors (Lipinski definition) is 4. The van der Waals surface area contributed by atoms with Crippen LogP contribution in [0.3, 0.4) is 0 Å². The first kappa shape index (κ1) is 19.0. The first-order valence-corrected chi connectivity index (χ1v) is 8.82. The van der Waals surface area contributed by atoms with Gasteiger partial charge in [0, 0.05) is 11.1 Å². The van der Waals surface area contributed by atoms with Gasteiger partial charge in [-0.3, -0.25) is 9.59 Å². The summed E-state index contributed by atoms with van der Waals surface area (Å²) < 4.78 is 5.09. The average molecular weight is 372 g/mol. The minimum Gasteiger partial charge on any atom is -0.497 e. The molecule has 1 N–H and O–H groups in total. The first-order chi connectivity index (χ1) is 13.7. The summed E-state index contributed by atoms with van der Waals surface area (Å²) in [5.74, 6) is 0.239. The molecular formula is C23H20N2O3. The Kier molecular flexibility index (Phi) is 6.31. The van der Waals surface area contributed by atoms with Crippen LogP contribution < -0.4 is 10.2 Å². The van der Waals surface area contributed by atoms with Gasteiger partial charge >= 0.3 is 0 Å². The van der Waals surface area contributed by atoms with Gasteiger partial charge < -0.3 is 4.74 Å². The van der Waals surface area contributed by atoms with Crippen molar-refractivity contribution in [3.05, 3.63) is 102 Å². The van der Waals surface area contributed by atoms with E-state index in [2.05, 4.69) is 10.5 Å². The molecule has 0 heterocycles. The summed E-state index contributed by atoms with van der Waals surface area (Å²) in [6.45, 7) is 0. The molecule has 3 rings (SSSR count). The van der Waals surface area contributed by atoms with Gasteiger partial charge in [-0.2, -0.15) is 5.10 Å². The lowest BCUT2D eigenvalue weighted by Gasteiger charge is -2.08. The third kappa shape index (κ3) is 4.92. The maximum Gasteiger partial charge on any atom is 0.271 e. The van der Waals surface area contributed by atoms with E-state index in [1.165, 1.54) is 0 Å². The molecule has 0 atom stereocenters. The maximum atomic E-state index is 12.6. The Balaban J connectivity index is 1.80. The molecule has 1 amide bonds. The Hall–Kier alpha value is -3.73. The summed E-state index contributed by atoms with van der Waals surface area (Å²) >= 11 is 0. The molecule has 28 heavy (non-hydrogen) atoms. The van der Waals surface area contributed by atoms with Gasteiger partial charge in [0.25, 0.3) is 5.91 Å². The van der Waals surface area contributed by atoms with Crippen molar-refractivity contribution in [3.8, 4) is 5.75 Å². The third-order valence-electron chi connectivity index (χ3n) is 4.18. The molecule has 0 saturated carbocycles. The van der Waals surface area contributed by atoms with E-state index in [1.54, 1.807) is 43.5 Å². The SMILES string of the molecule is COc1ccc(C(=O)NN=C(CC(=O)c2ccccc2)c2ccccc2)cc1. The van der Waals surface area contributed by atoms with Gasteiger partial charge in [0.05, 0.1) is 19.2 Å². The van der Waals surface area contributed by atoms with Crippen molar-refractivity contribution >= 4 is 17.4 Å². The lowest BCUT2D eigenvalue weighted by Crippen LogP contribution is -2.21. The minimum atomic E-state index is -0.358. The zero-order chi connectivity index (χ0) is 19.8. The Bertz CT molecular complexity index is 966. The number of amides is 1. The maximum absolute atomic E-state index is 12.6. The van der Waals surface area contributed by atoms with Crippen LogP contribution in [0.5, 0.6) is 5.75 Å². The minimum absolute atomic E-state index is 0.0677. The third-order valence-corrected chi connectivity index (χ3v) is 4.18. The molecule has 5 nitrogen and oxygen atoms in total. The smallest absolute Gasteiger partial charge is 0.271 e. The predicted molar refractivity (Wildman–Crippen MR) is 109 cm³/mol. The van der Waals surface area contributed by atoms with Crippen molar-refractivity contribution in [2.75, 3.05) is 7.11 Å². The Morgan fingerprint density at radius 3 is 1.93 bits per heavy atom. The standard InChI is InChI=1S/C23H20N2O3/c1-28-20-14-12-19(13-15-20)23(27)25-24-21(17-8-4-2-5-9-17)16-22(26)18-10-6-3-7-11-18/h2-15H,16H2,1H3,(H,25,27). The van der Waals surface area contributed by atoms with E-state index in [9.17, 15) is 9.59 Å². The van der Waals surface area contributed by atoms with Crippen LogP contribution in [-0.2, 0) is 0 Å². The zero-order valence-corrected chi connectivity index (χ0v) is 15.5. The largest absolute Gasteiger partial charge is 0.497 e. The lowest BCUT2D eigenvalue weighted by atomic mass is 10.0. The number of nitrogens with zero attached hydrogens (tertiary/aromatic N) is 1. The highest BCUT2D eigenvalue weighted by Crippen LogP contribution is 2.12. The van der Waals surface area contributed by atoms with Crippen LogP contribution in [0.2, 0.25) is 0 Å². The fourth-order valence-electron chi connectivity index (χ4n) is 2.64. The number of Topliss-reactive ketones (excluding diaryl/α,β-unsaturated/α-hetero) is 1. The predicted octanol–water partition coefficient (Wildman–Crippen LogP) is 4.10. The Morgan fingerprint density at radius 1 is 0.786 bits per heavy atom. The highest BCUT2D eigenvalue weighted by atomic mass is 16.5. The van der Waals surface area contributed by atoms with Crippen molar-refractivity contribution in [2.45, 2.75) is 6.42 Å². The van der Waals surface area contributed by atoms with E-state index in [1.807, 2.05) is 48.5 Å². The summed E-state index contributed by atoms with van der Waals surface area (Å²) in [7, 11) is 1.56. The van der Waals surface area contributed by atoms with E-state index >= 15 is 0 Å². The molecule has 0 saturated heterocycles. The molecule has 0 aliphatic heterocycles. The molecule has 0 bridgehead atoms. The molecule has 0 aliphatic rings. The van der Waals surface area contributed by atoms with Crippen molar-refractivity contribution < 1.29 is 14.3 Å². The summed E-state index contributed by atoms with van der Waals surface area (Å²) in [6, 6.07) is 25.1. The number of benzene rings is 3. The van der Waals surface area contributed by atoms with E-state index < -0.39 is 0 Å². The van der Waals surface area contributed by atoms with E-state index in [-0.39, 0.29) is 18.1 Å². The van der Waals surface area contributed by atoms with Gasteiger partial charge in [-0.15, -0.1) is 0 Å². The summed E-state index contributed by atoms with van der Waals surface area (Å²) in [5.41, 5.74) is 4.88. The molecule has 0 radical (unpaired) electrons. The second-order valence-electron chi connectivity index (χ2n) is 6.06. The summed E-state index contributed by atoms with van der Waals surface area (Å²) in [6.07, 6.45) is 0.0803. The van der Waals surface area contributed by atoms with Gasteiger partial charge in [-0.25, -0.2) is 5.43 Å². The van der Waals surface area contributed by atoms with Crippen LogP contribution in [0.1, 0.15) is 32.7 Å². The average Bonchev–Trinajstić information content (AvgIpc) is 2.77. The number of hydrazone groups is 1. The second kappa shape index (κ2) is 9.28. The highest BCUT2D eigenvalue weighted by Gasteiger charge is 2.13. The van der Waals surface area contributed by atoms with Crippen molar-refractivity contribution in [1.29, 1.82) is 0 Å². The molecule has 0 fully saturated rings. The topological polar surface area (TPSA) is 67.8 Å². The van der Waals surface area contributed by atoms with E-state index in [0.29, 0.717) is 22.6 Å². The van der Waals surface area contributed by atoms with Crippen molar-refractivity contribution in [1.82, 2.24) is 5.43 Å². The van der Waals surface area contributed by atoms with Crippen molar-refractivity contribution in [3.63, 3.8) is 0 Å². The molecule has 0 spiro atoms. The van der Waals surface area contributed by atoms with Crippen LogP contribution in [0.25, 0.3) is 0 Å². The number of hydrogen-bond donors (Lipinski definition) is 1. The van der Waals surface area contributed by atoms with Crippen LogP contribution in [0.15, 0.2) is 90.0 Å². The molecule has 0 aromatic heterocycles. The fourth-order valence-corrected chi connectivity index (χ4v) is 2.64. The fraction of sp³-hybridized carbons (Fsp3) is 0.0870. The number of nitrogens with one attached hydrogen (secondary N) is 1. The van der Waals surface area contributed by atoms with Gasteiger partial charge in [-0.1, -0.05) is 60.7 Å². The number of carbonyl (C=O) groups excluding carboxylic acids is 2. The second-order valence-corrected chi connectivity index (χ2v) is 6.06. The molecular weight excluding hydrogens is 352 g/mol. The quantitative estimate of drug-likeness (QED) is 0.386. The highest BCUT2D eigenvalue weighted by molar-refractivity contribution is 6.16. The molecule has 0 aliphatic carbocycles. The number of ketones is 1. The number of methoxy groups -OCH3 is 1. The molecule has 140 valence electrons. The van der Waals surface area contributed by atoms with Crippen LogP contribution in [-0.4, -0.2) is 24.5 Å². The van der Waals surface area contributed by atoms with Gasteiger partial charge in [-0.05, 0) is 29.8 Å². The molecule has 3 aromatic rings. The van der Waals surface area contributed by atoms with Crippen molar-refractivity contribution in [2.24, 2.45) is 5.10 Å². The van der Waals surface area contributed by atoms with Gasteiger partial charge in [0.2, 0.25) is 0 Å². The Morgan fingerprint density at radius 2 is 1.36 bits per heavy atom. The van der Waals surface area contributed by atoms with Crippen LogP contribution in [0.4, 0.5) is 0 Å². The number of carbonyl (C=O) groups is 2. The number of rotatable bonds is 7. The van der Waals surface area contributed by atoms with Gasteiger partial charge in [0.15, 0.2) is 5.78 Å². The molecule has 5 heteroatoms. The van der Waals surface area contributed by atoms with Gasteiger partial charge in [0.1, 0.15) is 5.75 Å². The van der Waals surface area contributed by atoms with E-state index in [0.717, 1.165) is 5.56 Å². The molecule has 0 unspecified atom stereocenters. The summed E-state index contributed by atoms with van der Waals surface area (Å²) in [4.78, 5) is 25.0. The first-order valence-electron chi connectivity index (χ1n) is 8.82. The normalized spacial score (nSPS) is 11.0. The summed E-state index contributed by atoms with van der Waals surface area (Å²) in [5, 5.41) is 4.24. The van der Waals surface area contributed by atoms with Crippen LogP contribution >= 0.6 is 0 Å². The lowest BCUT2D eigenvalue weighted by molar-refractivity contribution is 0.0951.